The molecule has 3 aliphatic rings. The minimum Gasteiger partial charge on any atom is -0.370 e. The summed E-state index contributed by atoms with van der Waals surface area (Å²) in [6.45, 7) is 8.37. The van der Waals surface area contributed by atoms with Crippen molar-refractivity contribution >= 4 is 143 Å². The first-order valence-corrected chi connectivity index (χ1v) is 48.2. The molecule has 5 aromatic heterocycles. The smallest absolute Gasteiger partial charge is 0.246 e. The van der Waals surface area contributed by atoms with E-state index < -0.39 is 155 Å². The summed E-state index contributed by atoms with van der Waals surface area (Å²) >= 11 is 0. The second-order valence-corrected chi connectivity index (χ2v) is 37.1. The summed E-state index contributed by atoms with van der Waals surface area (Å²) in [6, 6.07) is 20.3. The highest BCUT2D eigenvalue weighted by atomic mass is 16.2. The van der Waals surface area contributed by atoms with Gasteiger partial charge in [0.25, 0.3) is 0 Å². The molecule has 39 nitrogen and oxygen atoms in total. The molecule has 5 aromatic carbocycles. The summed E-state index contributed by atoms with van der Waals surface area (Å²) in [4.78, 5) is 217. The van der Waals surface area contributed by atoms with Crippen LogP contribution in [0.4, 0.5) is 0 Å². The van der Waals surface area contributed by atoms with Crippen LogP contribution in [0, 0.1) is 22.7 Å². The maximum Gasteiger partial charge on any atom is 0.246 e. The number of primary amides is 1. The Bertz CT molecular complexity index is 6070. The molecule has 28 N–H and O–H groups in total. The third kappa shape index (κ3) is 26.0. The number of hydrogen-bond donors (Lipinski definition) is 23. The Morgan fingerprint density at radius 3 is 0.957 bits per heavy atom. The van der Waals surface area contributed by atoms with Crippen LogP contribution in [-0.4, -0.2) is 246 Å². The van der Waals surface area contributed by atoms with E-state index in [0.717, 1.165) is 49.0 Å². The first kappa shape index (κ1) is 102. The average molecular weight is 1910 g/mol. The van der Waals surface area contributed by atoms with Gasteiger partial charge in [-0.25, -0.2) is 0 Å². The van der Waals surface area contributed by atoms with Crippen LogP contribution in [0.2, 0.25) is 0 Å². The average Bonchev–Trinajstić information content (AvgIpc) is 1.66. The molecule has 0 aliphatic carbocycles. The van der Waals surface area contributed by atoms with Gasteiger partial charge in [-0.1, -0.05) is 125 Å². The van der Waals surface area contributed by atoms with Crippen molar-refractivity contribution in [1.29, 1.82) is 10.8 Å². The van der Waals surface area contributed by atoms with Crippen LogP contribution in [0.5, 0.6) is 0 Å². The van der Waals surface area contributed by atoms with Crippen molar-refractivity contribution < 1.29 is 62.3 Å². The highest BCUT2D eigenvalue weighted by Crippen LogP contribution is 2.31. The van der Waals surface area contributed by atoms with Gasteiger partial charge in [-0.15, -0.1) is 0 Å². The van der Waals surface area contributed by atoms with Crippen molar-refractivity contribution in [2.24, 2.45) is 40.5 Å². The number of unbranched alkanes of at least 4 members (excludes halogenated alkanes) is 1. The molecule has 39 heteroatoms. The van der Waals surface area contributed by atoms with Crippen LogP contribution >= 0.6 is 0 Å². The third-order valence-corrected chi connectivity index (χ3v) is 26.9. The minimum absolute atomic E-state index is 0.0147. The Kier molecular flexibility index (Phi) is 35.1. The molecule has 740 valence electrons. The van der Waals surface area contributed by atoms with E-state index in [-0.39, 0.29) is 153 Å². The molecule has 3 saturated heterocycles. The van der Waals surface area contributed by atoms with Gasteiger partial charge in [0.2, 0.25) is 76.8 Å². The van der Waals surface area contributed by atoms with E-state index in [4.69, 9.17) is 39.5 Å². The van der Waals surface area contributed by atoms with Crippen LogP contribution in [0.3, 0.4) is 0 Å². The lowest BCUT2D eigenvalue weighted by Crippen LogP contribution is -2.61. The van der Waals surface area contributed by atoms with Gasteiger partial charge in [-0.05, 0) is 166 Å². The fourth-order valence-electron chi connectivity index (χ4n) is 19.2. The van der Waals surface area contributed by atoms with Crippen LogP contribution in [0.25, 0.3) is 54.5 Å². The maximum absolute atomic E-state index is 16.1. The predicted octanol–water partition coefficient (Wildman–Crippen LogP) is 3.50. The number of amides is 13. The molecule has 8 heterocycles. The molecule has 3 fully saturated rings. The van der Waals surface area contributed by atoms with Gasteiger partial charge in [0, 0.05) is 150 Å². The maximum atomic E-state index is 16.1. The van der Waals surface area contributed by atoms with Crippen molar-refractivity contribution in [1.82, 2.24) is 98.1 Å². The van der Waals surface area contributed by atoms with Crippen molar-refractivity contribution in [3.63, 3.8) is 0 Å². The second-order valence-electron chi connectivity index (χ2n) is 37.1. The molecular formula is C100H132N26O13. The van der Waals surface area contributed by atoms with E-state index in [1.165, 1.54) is 14.7 Å². The van der Waals surface area contributed by atoms with E-state index in [2.05, 4.69) is 83.4 Å². The van der Waals surface area contributed by atoms with Crippen LogP contribution < -0.4 is 87.2 Å². The summed E-state index contributed by atoms with van der Waals surface area (Å²) in [6.07, 6.45) is 11.5. The van der Waals surface area contributed by atoms with Crippen molar-refractivity contribution in [2.45, 2.75) is 235 Å². The number of likely N-dealkylation sites (tertiary alicyclic amines) is 3. The zero-order chi connectivity index (χ0) is 99.1. The quantitative estimate of drug-likeness (QED) is 0.0147. The number of nitrogens with two attached hydrogens (primary N) is 5. The van der Waals surface area contributed by atoms with Gasteiger partial charge >= 0.3 is 0 Å². The summed E-state index contributed by atoms with van der Waals surface area (Å²) in [5.74, 6) is -10.1. The Hall–Kier alpha value is -14.6. The highest BCUT2D eigenvalue weighted by molar-refractivity contribution is 6.02. The normalized spacial score (nSPS) is 17.2. The SMILES string of the molecule is CC[C@H](C)[C@H](N)C(=O)N[C@@H](CC(C)C)C(=O)N1CCC[C@H]1C(=O)N[C@@H](Cc1c[nH]c2ccccc12)C(=O)N[C@@H](CCCCN)C(=O)N[C@@H](Cc1c[nH]c2ccccc12)C(=O)N1CCC[C@H]1C(=O)N[C@@H](Cc1c[nH]c2ccccc12)C(=O)N[C@@H](Cc1c[nH]c2ccccc12)C(=O)N1CCC[C@H]1C(=O)N[C@@H](Cc1c[nH]c2ccccc12)C(=O)N[C@@H](CCCNC(=N)N)C(=O)N[C@@H](CCCNC(=N)N)C(N)=O. The lowest BCUT2D eigenvalue weighted by molar-refractivity contribution is -0.143. The Morgan fingerprint density at radius 2 is 0.647 bits per heavy atom. The number of nitrogens with zero attached hydrogens (tertiary/aromatic N) is 3. The molecule has 139 heavy (non-hydrogen) atoms. The number of hydrogen-bond acceptors (Lipinski definition) is 17. The van der Waals surface area contributed by atoms with E-state index in [1.807, 2.05) is 149 Å². The lowest BCUT2D eigenvalue weighted by Gasteiger charge is -2.32. The van der Waals surface area contributed by atoms with E-state index in [0.29, 0.717) is 71.9 Å². The summed E-state index contributed by atoms with van der Waals surface area (Å²) in [5.41, 5.74) is 36.1. The highest BCUT2D eigenvalue weighted by Gasteiger charge is 2.46. The number of aromatic amines is 5. The fourth-order valence-corrected chi connectivity index (χ4v) is 19.2. The molecule has 0 bridgehead atoms. The number of fused-ring (bicyclic) bond motifs is 5. The summed E-state index contributed by atoms with van der Waals surface area (Å²) < 4.78 is 0. The second kappa shape index (κ2) is 47.9. The molecule has 0 saturated carbocycles. The standard InChI is InChI=1S/C100H132N26O13/c1-5-57(4)85(102)95(136)123-79(45-56(2)3)96(137)124-42-20-36-82(124)92(133)118-76(46-58-51-110-68-28-11-6-23-63(58)68)89(130)116-74(33-16-17-39-101)88(129)121-80(49-61-54-113-71-31-14-9-26-66(61)71)97(138)125-43-21-38-84(125)94(135)120-78(48-60-53-112-70-30-13-8-25-65(60)70)91(132)122-81(50-62-55-114-72-32-15-10-27-67(62)72)98(139)126-44-22-37-83(126)93(134)119-77(47-59-52-111-69-29-12-7-24-64(59)69)90(131)117-75(35-19-41-109-100(106)107)87(128)115-73(86(103)127)34-18-40-108-99(104)105/h6-15,23-32,51-57,73-85,110-114H,5,16-22,33-50,101-102H2,1-4H3,(H2,103,127)(H,115,128)(H,116,130)(H,117,131)(H,118,133)(H,119,134)(H,120,135)(H,121,129)(H,122,132)(H,123,136)(H4,104,105,108)(H4,106,107,109)/t57-,73-,74-,75-,76-,77-,78-,79-,80-,81-,82-,83-,84-,85-/m0/s1. The number of benzene rings is 5. The number of carbonyl (C=O) groups excluding carboxylic acids is 13. The molecular weight excluding hydrogens is 1770 g/mol. The first-order chi connectivity index (χ1) is 66.9. The summed E-state index contributed by atoms with van der Waals surface area (Å²) in [7, 11) is 0. The van der Waals surface area contributed by atoms with Crippen LogP contribution in [-0.2, 0) is 94.4 Å². The Morgan fingerprint density at radius 1 is 0.367 bits per heavy atom. The van der Waals surface area contributed by atoms with E-state index in [1.54, 1.807) is 31.0 Å². The first-order valence-electron chi connectivity index (χ1n) is 48.2. The van der Waals surface area contributed by atoms with Gasteiger partial charge in [-0.3, -0.25) is 73.1 Å². The monoisotopic (exact) mass is 1910 g/mol. The number of H-pyrrole nitrogens is 5. The zero-order valence-electron chi connectivity index (χ0n) is 79.0. The molecule has 10 aromatic rings. The Balaban J connectivity index is 0.772. The van der Waals surface area contributed by atoms with Gasteiger partial charge in [0.05, 0.1) is 6.04 Å². The molecule has 3 aliphatic heterocycles. The number of para-hydroxylation sites is 5. The number of nitrogens with one attached hydrogen (secondary N) is 18. The van der Waals surface area contributed by atoms with Crippen molar-refractivity contribution in [3.8, 4) is 0 Å². The number of aromatic nitrogens is 5. The number of rotatable bonds is 48. The number of carbonyl (C=O) groups is 13. The topological polar surface area (TPSA) is 621 Å². The van der Waals surface area contributed by atoms with Crippen LogP contribution in [0.1, 0.15) is 152 Å². The lowest BCUT2D eigenvalue weighted by atomic mass is 9.97. The van der Waals surface area contributed by atoms with E-state index in [9.17, 15) is 19.2 Å². The molecule has 14 atom stereocenters. The largest absolute Gasteiger partial charge is 0.370 e. The molecule has 0 spiro atoms. The Labute approximate surface area is 804 Å². The fraction of sp³-hybridized carbons (Fsp3) is 0.450. The van der Waals surface area contributed by atoms with Crippen LogP contribution in [0.15, 0.2) is 152 Å². The summed E-state index contributed by atoms with van der Waals surface area (Å²) in [5, 5.41) is 50.7. The van der Waals surface area contributed by atoms with Gasteiger partial charge < -0.3 is 127 Å². The minimum atomic E-state index is -1.48. The molecule has 0 unspecified atom stereocenters. The zero-order valence-corrected chi connectivity index (χ0v) is 79.0. The molecule has 13 rings (SSSR count). The third-order valence-electron chi connectivity index (χ3n) is 26.9. The van der Waals surface area contributed by atoms with Crippen molar-refractivity contribution in [2.75, 3.05) is 39.3 Å². The van der Waals surface area contributed by atoms with Gasteiger partial charge in [0.1, 0.15) is 72.5 Å². The molecule has 13 amide bonds. The van der Waals surface area contributed by atoms with E-state index >= 15 is 43.2 Å². The van der Waals surface area contributed by atoms with Crippen molar-refractivity contribution in [3.05, 3.63) is 180 Å². The van der Waals surface area contributed by atoms with Gasteiger partial charge in [0.15, 0.2) is 11.9 Å². The van der Waals surface area contributed by atoms with Gasteiger partial charge in [-0.2, -0.15) is 0 Å². The predicted molar refractivity (Wildman–Crippen MR) is 529 cm³/mol. The molecule has 0 radical (unpaired) electrons. The number of guanidine groups is 2.